The number of hydrogen-bond acceptors (Lipinski definition) is 4. The van der Waals surface area contributed by atoms with E-state index in [0.717, 1.165) is 24.5 Å². The van der Waals surface area contributed by atoms with E-state index >= 15 is 0 Å². The summed E-state index contributed by atoms with van der Waals surface area (Å²) in [5.74, 6) is 0.215. The van der Waals surface area contributed by atoms with Crippen LogP contribution in [0.25, 0.3) is 0 Å². The monoisotopic (exact) mass is 239 g/mol. The van der Waals surface area contributed by atoms with Gasteiger partial charge in [0.1, 0.15) is 0 Å². The number of ketones is 1. The van der Waals surface area contributed by atoms with Crippen LogP contribution >= 0.6 is 11.3 Å². The largest absolute Gasteiger partial charge is 0.380 e. The Morgan fingerprint density at radius 2 is 2.44 bits per heavy atom. The van der Waals surface area contributed by atoms with Gasteiger partial charge < -0.3 is 4.74 Å². The summed E-state index contributed by atoms with van der Waals surface area (Å²) in [7, 11) is 2.00. The second kappa shape index (κ2) is 5.08. The van der Waals surface area contributed by atoms with E-state index in [1.54, 1.807) is 11.3 Å². The van der Waals surface area contributed by atoms with Gasteiger partial charge in [0.15, 0.2) is 5.78 Å². The summed E-state index contributed by atoms with van der Waals surface area (Å²) in [5.41, 5.74) is 0. The lowest BCUT2D eigenvalue weighted by Gasteiger charge is -2.21. The van der Waals surface area contributed by atoms with Crippen molar-refractivity contribution >= 4 is 17.1 Å². The van der Waals surface area contributed by atoms with Gasteiger partial charge in [-0.2, -0.15) is 0 Å². The number of Topliss-reactive ketones (excluding diaryl/α,β-unsaturated/α-hetero) is 1. The third-order valence-corrected chi connectivity index (χ3v) is 3.98. The lowest BCUT2D eigenvalue weighted by atomic mass is 10.2. The first-order valence-corrected chi connectivity index (χ1v) is 6.36. The molecule has 2 heterocycles. The first-order valence-electron chi connectivity index (χ1n) is 5.54. The lowest BCUT2D eigenvalue weighted by molar-refractivity contribution is 0.0911. The molecule has 4 heteroatoms. The Labute approximate surface area is 100 Å². The van der Waals surface area contributed by atoms with Crippen LogP contribution in [-0.2, 0) is 4.74 Å². The van der Waals surface area contributed by atoms with Crippen molar-refractivity contribution in [3.05, 3.63) is 21.9 Å². The van der Waals surface area contributed by atoms with E-state index in [1.165, 1.54) is 4.88 Å². The van der Waals surface area contributed by atoms with E-state index in [1.807, 2.05) is 26.1 Å². The molecule has 2 rings (SSSR count). The topological polar surface area (TPSA) is 29.5 Å². The fraction of sp³-hybridized carbons (Fsp3) is 0.583. The third kappa shape index (κ3) is 2.70. The average molecular weight is 239 g/mol. The highest BCUT2D eigenvalue weighted by molar-refractivity contribution is 7.14. The fourth-order valence-electron chi connectivity index (χ4n) is 1.89. The summed E-state index contributed by atoms with van der Waals surface area (Å²) >= 11 is 1.57. The first kappa shape index (κ1) is 11.8. The van der Waals surface area contributed by atoms with Gasteiger partial charge in [-0.1, -0.05) is 0 Å². The molecule has 0 radical (unpaired) electrons. The van der Waals surface area contributed by atoms with E-state index in [0.29, 0.717) is 12.6 Å². The zero-order chi connectivity index (χ0) is 11.5. The average Bonchev–Trinajstić information content (AvgIpc) is 2.87. The fourth-order valence-corrected chi connectivity index (χ4v) is 2.69. The van der Waals surface area contributed by atoms with Crippen LogP contribution in [0.5, 0.6) is 0 Å². The lowest BCUT2D eigenvalue weighted by Crippen LogP contribution is -2.36. The maximum atomic E-state index is 12.0. The summed E-state index contributed by atoms with van der Waals surface area (Å²) in [5, 5.41) is 0. The quantitative estimate of drug-likeness (QED) is 0.752. The molecule has 0 spiro atoms. The molecule has 1 aliphatic rings. The Balaban J connectivity index is 1.91. The Kier molecular flexibility index (Phi) is 3.74. The van der Waals surface area contributed by atoms with Gasteiger partial charge in [0.25, 0.3) is 0 Å². The van der Waals surface area contributed by atoms with Crippen LogP contribution in [0.3, 0.4) is 0 Å². The molecule has 0 bridgehead atoms. The summed E-state index contributed by atoms with van der Waals surface area (Å²) in [4.78, 5) is 16.1. The molecule has 1 fully saturated rings. The van der Waals surface area contributed by atoms with Gasteiger partial charge in [-0.15, -0.1) is 11.3 Å². The zero-order valence-electron chi connectivity index (χ0n) is 9.73. The Bertz CT molecular complexity index is 369. The molecule has 1 aromatic heterocycles. The molecule has 1 aromatic rings. The summed E-state index contributed by atoms with van der Waals surface area (Å²) in [6, 6.07) is 4.32. The molecule has 1 atom stereocenters. The molecule has 0 saturated carbocycles. The van der Waals surface area contributed by atoms with E-state index in [9.17, 15) is 4.79 Å². The molecule has 0 aliphatic carbocycles. The minimum atomic E-state index is 0.215. The molecule has 1 unspecified atom stereocenters. The Hall–Kier alpha value is -0.710. The smallest absolute Gasteiger partial charge is 0.186 e. The van der Waals surface area contributed by atoms with Gasteiger partial charge in [0, 0.05) is 17.5 Å². The van der Waals surface area contributed by atoms with Crippen molar-refractivity contribution in [3.63, 3.8) is 0 Å². The minimum Gasteiger partial charge on any atom is -0.380 e. The molecular formula is C12H17NO2S. The highest BCUT2D eigenvalue weighted by atomic mass is 32.1. The standard InChI is InChI=1S/C12H17NO2S/c1-9-3-4-12(16-9)11(14)7-13(2)10-5-6-15-8-10/h3-4,10H,5-8H2,1-2H3. The third-order valence-electron chi connectivity index (χ3n) is 2.94. The number of rotatable bonds is 4. The van der Waals surface area contributed by atoms with Crippen LogP contribution in [0.2, 0.25) is 0 Å². The van der Waals surface area contributed by atoms with Crippen molar-refractivity contribution in [2.24, 2.45) is 0 Å². The Morgan fingerprint density at radius 3 is 3.00 bits per heavy atom. The highest BCUT2D eigenvalue weighted by Crippen LogP contribution is 2.17. The molecule has 1 aliphatic heterocycles. The number of carbonyl (C=O) groups excluding carboxylic acids is 1. The number of hydrogen-bond donors (Lipinski definition) is 0. The first-order chi connectivity index (χ1) is 7.66. The van der Waals surface area contributed by atoms with Crippen molar-refractivity contribution in [1.82, 2.24) is 4.90 Å². The normalized spacial score (nSPS) is 20.6. The second-order valence-electron chi connectivity index (χ2n) is 4.27. The number of ether oxygens (including phenoxy) is 1. The van der Waals surface area contributed by atoms with Gasteiger partial charge in [-0.3, -0.25) is 9.69 Å². The molecule has 0 N–H and O–H groups in total. The van der Waals surface area contributed by atoms with Crippen molar-refractivity contribution < 1.29 is 9.53 Å². The van der Waals surface area contributed by atoms with Crippen LogP contribution in [-0.4, -0.2) is 43.5 Å². The number of nitrogens with zero attached hydrogens (tertiary/aromatic N) is 1. The number of thiophene rings is 1. The maximum absolute atomic E-state index is 12.0. The van der Waals surface area contributed by atoms with E-state index in [4.69, 9.17) is 4.74 Å². The van der Waals surface area contributed by atoms with Crippen LogP contribution in [0, 0.1) is 6.92 Å². The van der Waals surface area contributed by atoms with Crippen LogP contribution in [0.15, 0.2) is 12.1 Å². The molecule has 3 nitrogen and oxygen atoms in total. The van der Waals surface area contributed by atoms with Crippen LogP contribution in [0.1, 0.15) is 21.0 Å². The van der Waals surface area contributed by atoms with E-state index in [2.05, 4.69) is 4.90 Å². The van der Waals surface area contributed by atoms with E-state index < -0.39 is 0 Å². The van der Waals surface area contributed by atoms with Gasteiger partial charge in [0.2, 0.25) is 0 Å². The van der Waals surface area contributed by atoms with Crippen molar-refractivity contribution in [2.75, 3.05) is 26.8 Å². The second-order valence-corrected chi connectivity index (χ2v) is 5.55. The van der Waals surface area contributed by atoms with Crippen molar-refractivity contribution in [1.29, 1.82) is 0 Å². The molecule has 1 saturated heterocycles. The predicted octanol–water partition coefficient (Wildman–Crippen LogP) is 1.96. The van der Waals surface area contributed by atoms with Crippen molar-refractivity contribution in [2.45, 2.75) is 19.4 Å². The van der Waals surface area contributed by atoms with Crippen LogP contribution in [0.4, 0.5) is 0 Å². The minimum absolute atomic E-state index is 0.215. The zero-order valence-corrected chi connectivity index (χ0v) is 10.5. The number of carbonyl (C=O) groups is 1. The molecular weight excluding hydrogens is 222 g/mol. The number of likely N-dealkylation sites (N-methyl/N-ethyl adjacent to an activating group) is 1. The molecule has 88 valence electrons. The molecule has 0 aromatic carbocycles. The van der Waals surface area contributed by atoms with Gasteiger partial charge >= 0.3 is 0 Å². The summed E-state index contributed by atoms with van der Waals surface area (Å²) < 4.78 is 5.32. The van der Waals surface area contributed by atoms with Gasteiger partial charge in [-0.05, 0) is 32.5 Å². The molecule has 16 heavy (non-hydrogen) atoms. The number of aryl methyl sites for hydroxylation is 1. The van der Waals surface area contributed by atoms with Gasteiger partial charge in [0.05, 0.1) is 18.0 Å². The highest BCUT2D eigenvalue weighted by Gasteiger charge is 2.22. The van der Waals surface area contributed by atoms with Crippen LogP contribution < -0.4 is 0 Å². The molecule has 0 amide bonds. The predicted molar refractivity (Wildman–Crippen MR) is 65.2 cm³/mol. The van der Waals surface area contributed by atoms with Crippen molar-refractivity contribution in [3.8, 4) is 0 Å². The summed E-state index contributed by atoms with van der Waals surface area (Å²) in [6.45, 7) is 4.10. The SMILES string of the molecule is Cc1ccc(C(=O)CN(C)C2CCOC2)s1. The maximum Gasteiger partial charge on any atom is 0.186 e. The summed E-state index contributed by atoms with van der Waals surface area (Å²) in [6.07, 6.45) is 1.03. The van der Waals surface area contributed by atoms with Gasteiger partial charge in [-0.25, -0.2) is 0 Å². The van der Waals surface area contributed by atoms with E-state index in [-0.39, 0.29) is 5.78 Å². The Morgan fingerprint density at radius 1 is 1.62 bits per heavy atom.